The fourth-order valence-corrected chi connectivity index (χ4v) is 3.90. The van der Waals surface area contributed by atoms with Gasteiger partial charge in [-0.3, -0.25) is 4.90 Å². The molecule has 1 atom stereocenters. The highest BCUT2D eigenvalue weighted by atomic mass is 15.2. The van der Waals surface area contributed by atoms with Crippen molar-refractivity contribution in [2.45, 2.75) is 57.2 Å². The summed E-state index contributed by atoms with van der Waals surface area (Å²) in [5.41, 5.74) is 2.79. The van der Waals surface area contributed by atoms with Crippen molar-refractivity contribution in [3.05, 3.63) is 59.8 Å². The number of anilines is 1. The van der Waals surface area contributed by atoms with Gasteiger partial charge in [0.05, 0.1) is 0 Å². The van der Waals surface area contributed by atoms with E-state index in [1.54, 1.807) is 0 Å². The number of hydrogen-bond donors (Lipinski definition) is 1. The molecule has 1 aliphatic heterocycles. The molecule has 24 heavy (non-hydrogen) atoms. The summed E-state index contributed by atoms with van der Waals surface area (Å²) in [7, 11) is 0. The standard InChI is InChI=1S/C21H27N3/c1-2-8-17(9-3-1)16-24-15-5-4-13-20(24)19-12-7-14-22-21(19)23-18-10-6-11-18/h1-3,7-9,12,14,18,20H,4-6,10-11,13,15-16H2,(H,22,23). The first kappa shape index (κ1) is 15.6. The Bertz CT molecular complexity index is 651. The van der Waals surface area contributed by atoms with Crippen LogP contribution in [0.4, 0.5) is 5.82 Å². The fraction of sp³-hybridized carbons (Fsp3) is 0.476. The molecule has 2 aliphatic rings. The number of aromatic nitrogens is 1. The molecule has 1 N–H and O–H groups in total. The van der Waals surface area contributed by atoms with E-state index in [1.807, 2.05) is 6.20 Å². The van der Waals surface area contributed by atoms with Crippen molar-refractivity contribution in [3.8, 4) is 0 Å². The van der Waals surface area contributed by atoms with E-state index in [-0.39, 0.29) is 0 Å². The lowest BCUT2D eigenvalue weighted by molar-refractivity contribution is 0.140. The van der Waals surface area contributed by atoms with Crippen LogP contribution in [0.15, 0.2) is 48.7 Å². The Morgan fingerprint density at radius 3 is 2.62 bits per heavy atom. The van der Waals surface area contributed by atoms with Crippen LogP contribution in [0.1, 0.15) is 55.7 Å². The average Bonchev–Trinajstić information content (AvgIpc) is 2.60. The van der Waals surface area contributed by atoms with Gasteiger partial charge in [-0.05, 0) is 50.3 Å². The average molecular weight is 321 g/mol. The van der Waals surface area contributed by atoms with Crippen LogP contribution in [0, 0.1) is 0 Å². The number of piperidine rings is 1. The van der Waals surface area contributed by atoms with E-state index in [0.717, 1.165) is 12.4 Å². The summed E-state index contributed by atoms with van der Waals surface area (Å²) in [5.74, 6) is 1.12. The number of rotatable bonds is 5. The third kappa shape index (κ3) is 3.46. The molecule has 1 aromatic carbocycles. The quantitative estimate of drug-likeness (QED) is 0.859. The first-order valence-corrected chi connectivity index (χ1v) is 9.39. The van der Waals surface area contributed by atoms with Gasteiger partial charge in [0.1, 0.15) is 5.82 Å². The summed E-state index contributed by atoms with van der Waals surface area (Å²) in [6.45, 7) is 2.21. The second-order valence-corrected chi connectivity index (χ2v) is 7.18. The Balaban J connectivity index is 1.56. The zero-order chi connectivity index (χ0) is 16.2. The molecule has 1 aliphatic carbocycles. The van der Waals surface area contributed by atoms with E-state index in [0.29, 0.717) is 12.1 Å². The SMILES string of the molecule is c1ccc(CN2CCCCC2c2cccnc2NC2CCC2)cc1. The predicted molar refractivity (Wildman–Crippen MR) is 98.9 cm³/mol. The van der Waals surface area contributed by atoms with Crippen LogP contribution in [-0.2, 0) is 6.54 Å². The Morgan fingerprint density at radius 2 is 1.83 bits per heavy atom. The molecule has 126 valence electrons. The maximum atomic E-state index is 4.68. The van der Waals surface area contributed by atoms with E-state index in [9.17, 15) is 0 Å². The molecule has 0 bridgehead atoms. The molecule has 0 spiro atoms. The van der Waals surface area contributed by atoms with Crippen LogP contribution < -0.4 is 5.32 Å². The Hall–Kier alpha value is -1.87. The zero-order valence-electron chi connectivity index (χ0n) is 14.3. The Kier molecular flexibility index (Phi) is 4.79. The van der Waals surface area contributed by atoms with Gasteiger partial charge in [0.25, 0.3) is 0 Å². The van der Waals surface area contributed by atoms with Gasteiger partial charge in [-0.1, -0.05) is 42.8 Å². The van der Waals surface area contributed by atoms with Crippen molar-refractivity contribution in [1.29, 1.82) is 0 Å². The van der Waals surface area contributed by atoms with Gasteiger partial charge in [0.2, 0.25) is 0 Å². The second kappa shape index (κ2) is 7.35. The number of nitrogens with zero attached hydrogens (tertiary/aromatic N) is 2. The van der Waals surface area contributed by atoms with E-state index >= 15 is 0 Å². The van der Waals surface area contributed by atoms with Gasteiger partial charge in [-0.25, -0.2) is 4.98 Å². The lowest BCUT2D eigenvalue weighted by Gasteiger charge is -2.37. The number of likely N-dealkylation sites (tertiary alicyclic amines) is 1. The largest absolute Gasteiger partial charge is 0.367 e. The summed E-state index contributed by atoms with van der Waals surface area (Å²) < 4.78 is 0. The molecular formula is C21H27N3. The minimum absolute atomic E-state index is 0.482. The molecule has 0 radical (unpaired) electrons. The highest BCUT2D eigenvalue weighted by molar-refractivity contribution is 5.47. The number of hydrogen-bond acceptors (Lipinski definition) is 3. The summed E-state index contributed by atoms with van der Waals surface area (Å²) in [6.07, 6.45) is 9.70. The summed E-state index contributed by atoms with van der Waals surface area (Å²) in [4.78, 5) is 7.32. The highest BCUT2D eigenvalue weighted by Gasteiger charge is 2.27. The third-order valence-electron chi connectivity index (χ3n) is 5.49. The van der Waals surface area contributed by atoms with Crippen molar-refractivity contribution < 1.29 is 0 Å². The first-order valence-electron chi connectivity index (χ1n) is 9.39. The van der Waals surface area contributed by atoms with Crippen molar-refractivity contribution >= 4 is 5.82 Å². The van der Waals surface area contributed by atoms with Crippen LogP contribution in [0.5, 0.6) is 0 Å². The fourth-order valence-electron chi connectivity index (χ4n) is 3.90. The first-order chi connectivity index (χ1) is 11.9. The predicted octanol–water partition coefficient (Wildman–Crippen LogP) is 4.77. The molecule has 1 saturated carbocycles. The Morgan fingerprint density at radius 1 is 0.958 bits per heavy atom. The molecular weight excluding hydrogens is 294 g/mol. The van der Waals surface area contributed by atoms with Crippen LogP contribution in [0.2, 0.25) is 0 Å². The molecule has 3 nitrogen and oxygen atoms in total. The maximum absolute atomic E-state index is 4.68. The normalized spacial score (nSPS) is 22.1. The van der Waals surface area contributed by atoms with Gasteiger partial charge in [-0.2, -0.15) is 0 Å². The van der Waals surface area contributed by atoms with Crippen LogP contribution in [-0.4, -0.2) is 22.5 Å². The summed E-state index contributed by atoms with van der Waals surface area (Å²) in [5, 5.41) is 3.69. The minimum atomic E-state index is 0.482. The van der Waals surface area contributed by atoms with Crippen LogP contribution in [0.25, 0.3) is 0 Å². The number of pyridine rings is 1. The smallest absolute Gasteiger partial charge is 0.130 e. The Labute approximate surface area is 145 Å². The third-order valence-corrected chi connectivity index (χ3v) is 5.49. The minimum Gasteiger partial charge on any atom is -0.367 e. The van der Waals surface area contributed by atoms with Crippen molar-refractivity contribution in [2.24, 2.45) is 0 Å². The molecule has 4 rings (SSSR count). The molecule has 2 heterocycles. The molecule has 1 aromatic heterocycles. The van der Waals surface area contributed by atoms with Crippen LogP contribution >= 0.6 is 0 Å². The van der Waals surface area contributed by atoms with Crippen molar-refractivity contribution in [2.75, 3.05) is 11.9 Å². The van der Waals surface area contributed by atoms with E-state index in [1.165, 1.54) is 56.2 Å². The van der Waals surface area contributed by atoms with Gasteiger partial charge < -0.3 is 5.32 Å². The van der Waals surface area contributed by atoms with E-state index < -0.39 is 0 Å². The van der Waals surface area contributed by atoms with Crippen LogP contribution in [0.3, 0.4) is 0 Å². The van der Waals surface area contributed by atoms with Gasteiger partial charge >= 0.3 is 0 Å². The van der Waals surface area contributed by atoms with Crippen molar-refractivity contribution in [1.82, 2.24) is 9.88 Å². The van der Waals surface area contributed by atoms with Gasteiger partial charge in [0.15, 0.2) is 0 Å². The molecule has 3 heteroatoms. The van der Waals surface area contributed by atoms with Gasteiger partial charge in [-0.15, -0.1) is 0 Å². The maximum Gasteiger partial charge on any atom is 0.130 e. The lowest BCUT2D eigenvalue weighted by atomic mass is 9.91. The lowest BCUT2D eigenvalue weighted by Crippen LogP contribution is -2.34. The molecule has 0 amide bonds. The molecule has 2 fully saturated rings. The second-order valence-electron chi connectivity index (χ2n) is 7.18. The van der Waals surface area contributed by atoms with E-state index in [4.69, 9.17) is 0 Å². The highest BCUT2D eigenvalue weighted by Crippen LogP contribution is 2.36. The van der Waals surface area contributed by atoms with Crippen molar-refractivity contribution in [3.63, 3.8) is 0 Å². The molecule has 1 saturated heterocycles. The molecule has 2 aromatic rings. The number of nitrogens with one attached hydrogen (secondary N) is 1. The van der Waals surface area contributed by atoms with Gasteiger partial charge in [0, 0.05) is 30.4 Å². The topological polar surface area (TPSA) is 28.2 Å². The molecule has 1 unspecified atom stereocenters. The zero-order valence-corrected chi connectivity index (χ0v) is 14.3. The summed E-state index contributed by atoms with van der Waals surface area (Å²) >= 11 is 0. The monoisotopic (exact) mass is 321 g/mol. The van der Waals surface area contributed by atoms with E-state index in [2.05, 4.69) is 57.7 Å². The summed E-state index contributed by atoms with van der Waals surface area (Å²) in [6, 6.07) is 16.3. The number of benzene rings is 1.